The van der Waals surface area contributed by atoms with Crippen molar-refractivity contribution >= 4 is 17.3 Å². The SMILES string of the molecule is COC(=O)CC(O)c1nccs1. The number of hydrogen-bond donors (Lipinski definition) is 1. The number of aromatic nitrogens is 1. The van der Waals surface area contributed by atoms with Gasteiger partial charge in [-0.05, 0) is 0 Å². The van der Waals surface area contributed by atoms with Gasteiger partial charge in [-0.1, -0.05) is 0 Å². The number of methoxy groups -OCH3 is 1. The van der Waals surface area contributed by atoms with Gasteiger partial charge in [-0.2, -0.15) is 0 Å². The van der Waals surface area contributed by atoms with Crippen LogP contribution >= 0.6 is 11.3 Å². The Labute approximate surface area is 73.8 Å². The lowest BCUT2D eigenvalue weighted by Gasteiger charge is -2.04. The molecule has 1 aromatic heterocycles. The van der Waals surface area contributed by atoms with E-state index in [0.29, 0.717) is 5.01 Å². The maximum absolute atomic E-state index is 10.7. The Kier molecular flexibility index (Phi) is 3.19. The molecular weight excluding hydrogens is 178 g/mol. The van der Waals surface area contributed by atoms with Crippen LogP contribution in [0.15, 0.2) is 11.6 Å². The van der Waals surface area contributed by atoms with Gasteiger partial charge < -0.3 is 9.84 Å². The first-order valence-electron chi connectivity index (χ1n) is 3.38. The van der Waals surface area contributed by atoms with Crippen LogP contribution < -0.4 is 0 Å². The first-order valence-corrected chi connectivity index (χ1v) is 4.26. The van der Waals surface area contributed by atoms with Crippen LogP contribution in [0.4, 0.5) is 0 Å². The molecule has 0 aromatic carbocycles. The summed E-state index contributed by atoms with van der Waals surface area (Å²) in [5.41, 5.74) is 0. The van der Waals surface area contributed by atoms with Crippen LogP contribution in [-0.2, 0) is 9.53 Å². The highest BCUT2D eigenvalue weighted by Gasteiger charge is 2.14. The molecule has 1 heterocycles. The average molecular weight is 187 g/mol. The third kappa shape index (κ3) is 2.28. The first-order chi connectivity index (χ1) is 5.74. The minimum absolute atomic E-state index is 0.0377. The van der Waals surface area contributed by atoms with Gasteiger partial charge in [0.2, 0.25) is 0 Å². The third-order valence-corrected chi connectivity index (χ3v) is 2.20. The second kappa shape index (κ2) is 4.18. The fourth-order valence-corrected chi connectivity index (χ4v) is 1.35. The largest absolute Gasteiger partial charge is 0.469 e. The Balaban J connectivity index is 2.49. The van der Waals surface area contributed by atoms with Gasteiger partial charge in [0, 0.05) is 11.6 Å². The van der Waals surface area contributed by atoms with Gasteiger partial charge in [0.05, 0.1) is 13.5 Å². The van der Waals surface area contributed by atoms with E-state index in [0.717, 1.165) is 0 Å². The molecule has 5 heteroatoms. The summed E-state index contributed by atoms with van der Waals surface area (Å²) >= 11 is 1.31. The maximum Gasteiger partial charge on any atom is 0.308 e. The quantitative estimate of drug-likeness (QED) is 0.709. The molecule has 1 rings (SSSR count). The van der Waals surface area contributed by atoms with Crippen molar-refractivity contribution in [3.05, 3.63) is 16.6 Å². The highest BCUT2D eigenvalue weighted by atomic mass is 32.1. The Morgan fingerprint density at radius 3 is 3.17 bits per heavy atom. The van der Waals surface area contributed by atoms with Crippen LogP contribution in [0.5, 0.6) is 0 Å². The maximum atomic E-state index is 10.7. The van der Waals surface area contributed by atoms with Crippen LogP contribution in [0.2, 0.25) is 0 Å². The van der Waals surface area contributed by atoms with E-state index in [1.54, 1.807) is 11.6 Å². The molecule has 0 amide bonds. The van der Waals surface area contributed by atoms with E-state index in [2.05, 4.69) is 9.72 Å². The van der Waals surface area contributed by atoms with Crippen molar-refractivity contribution in [2.24, 2.45) is 0 Å². The van der Waals surface area contributed by atoms with Gasteiger partial charge in [-0.3, -0.25) is 4.79 Å². The Bertz CT molecular complexity index is 247. The zero-order valence-corrected chi connectivity index (χ0v) is 7.37. The van der Waals surface area contributed by atoms with Crippen LogP contribution in [0.3, 0.4) is 0 Å². The predicted molar refractivity (Wildman–Crippen MR) is 43.7 cm³/mol. The van der Waals surface area contributed by atoms with Gasteiger partial charge in [-0.25, -0.2) is 4.98 Å². The topological polar surface area (TPSA) is 59.4 Å². The van der Waals surface area contributed by atoms with E-state index in [1.165, 1.54) is 18.4 Å². The van der Waals surface area contributed by atoms with Gasteiger partial charge in [0.25, 0.3) is 0 Å². The number of ether oxygens (including phenoxy) is 1. The van der Waals surface area contributed by atoms with Gasteiger partial charge in [0.15, 0.2) is 0 Å². The van der Waals surface area contributed by atoms with Crippen LogP contribution in [-0.4, -0.2) is 23.2 Å². The number of aliphatic hydroxyl groups is 1. The Morgan fingerprint density at radius 1 is 1.92 bits per heavy atom. The fourth-order valence-electron chi connectivity index (χ4n) is 0.728. The number of nitrogens with zero attached hydrogens (tertiary/aromatic N) is 1. The van der Waals surface area contributed by atoms with Crippen molar-refractivity contribution in [1.29, 1.82) is 0 Å². The Morgan fingerprint density at radius 2 is 2.67 bits per heavy atom. The van der Waals surface area contributed by atoms with E-state index < -0.39 is 12.1 Å². The molecule has 0 bridgehead atoms. The summed E-state index contributed by atoms with van der Waals surface area (Å²) in [5, 5.41) is 11.6. The number of esters is 1. The highest BCUT2D eigenvalue weighted by Crippen LogP contribution is 2.18. The fraction of sp³-hybridized carbons (Fsp3) is 0.429. The molecule has 66 valence electrons. The molecule has 0 aliphatic carbocycles. The minimum atomic E-state index is -0.836. The van der Waals surface area contributed by atoms with E-state index >= 15 is 0 Å². The van der Waals surface area contributed by atoms with Crippen LogP contribution in [0, 0.1) is 0 Å². The van der Waals surface area contributed by atoms with Crippen molar-refractivity contribution in [2.45, 2.75) is 12.5 Å². The minimum Gasteiger partial charge on any atom is -0.469 e. The summed E-state index contributed by atoms with van der Waals surface area (Å²) in [5.74, 6) is -0.433. The summed E-state index contributed by atoms with van der Waals surface area (Å²) in [6.45, 7) is 0. The average Bonchev–Trinajstić information content (AvgIpc) is 2.56. The normalized spacial score (nSPS) is 12.5. The number of hydrogen-bond acceptors (Lipinski definition) is 5. The van der Waals surface area contributed by atoms with E-state index in [1.807, 2.05) is 0 Å². The zero-order valence-electron chi connectivity index (χ0n) is 6.56. The molecule has 0 aliphatic rings. The summed E-state index contributed by atoms with van der Waals surface area (Å²) in [7, 11) is 1.29. The molecule has 0 saturated carbocycles. The number of rotatable bonds is 3. The lowest BCUT2D eigenvalue weighted by molar-refractivity contribution is -0.142. The molecule has 4 nitrogen and oxygen atoms in total. The smallest absolute Gasteiger partial charge is 0.308 e. The molecule has 1 aromatic rings. The van der Waals surface area contributed by atoms with E-state index in [-0.39, 0.29) is 6.42 Å². The Hall–Kier alpha value is -0.940. The number of thiazole rings is 1. The summed E-state index contributed by atoms with van der Waals surface area (Å²) in [6.07, 6.45) is 0.710. The zero-order chi connectivity index (χ0) is 8.97. The summed E-state index contributed by atoms with van der Waals surface area (Å²) < 4.78 is 4.40. The van der Waals surface area contributed by atoms with Gasteiger partial charge in [-0.15, -0.1) is 11.3 Å². The second-order valence-corrected chi connectivity index (χ2v) is 3.09. The third-order valence-electron chi connectivity index (χ3n) is 1.32. The van der Waals surface area contributed by atoms with Gasteiger partial charge >= 0.3 is 5.97 Å². The molecule has 1 atom stereocenters. The monoisotopic (exact) mass is 187 g/mol. The molecule has 0 radical (unpaired) electrons. The lowest BCUT2D eigenvalue weighted by Crippen LogP contribution is -2.07. The number of carbonyl (C=O) groups excluding carboxylic acids is 1. The molecule has 0 aliphatic heterocycles. The number of aliphatic hydroxyl groups excluding tert-OH is 1. The standard InChI is InChI=1S/C7H9NO3S/c1-11-6(10)4-5(9)7-8-2-3-12-7/h2-3,5,9H,4H2,1H3. The molecule has 12 heavy (non-hydrogen) atoms. The van der Waals surface area contributed by atoms with Crippen molar-refractivity contribution in [3.8, 4) is 0 Å². The van der Waals surface area contributed by atoms with Crippen molar-refractivity contribution in [2.75, 3.05) is 7.11 Å². The lowest BCUT2D eigenvalue weighted by atomic mass is 10.3. The van der Waals surface area contributed by atoms with Gasteiger partial charge in [0.1, 0.15) is 11.1 Å². The van der Waals surface area contributed by atoms with Crippen LogP contribution in [0.25, 0.3) is 0 Å². The molecule has 0 fully saturated rings. The van der Waals surface area contributed by atoms with E-state index in [9.17, 15) is 9.90 Å². The molecule has 1 N–H and O–H groups in total. The van der Waals surface area contributed by atoms with Crippen LogP contribution in [0.1, 0.15) is 17.5 Å². The molecule has 0 spiro atoms. The molecule has 0 saturated heterocycles. The number of carbonyl (C=O) groups is 1. The molecular formula is C7H9NO3S. The highest BCUT2D eigenvalue weighted by molar-refractivity contribution is 7.09. The molecule has 1 unspecified atom stereocenters. The van der Waals surface area contributed by atoms with Crippen molar-refractivity contribution in [1.82, 2.24) is 4.98 Å². The van der Waals surface area contributed by atoms with Crippen molar-refractivity contribution in [3.63, 3.8) is 0 Å². The van der Waals surface area contributed by atoms with Crippen molar-refractivity contribution < 1.29 is 14.6 Å². The second-order valence-electron chi connectivity index (χ2n) is 2.17. The summed E-state index contributed by atoms with van der Waals surface area (Å²) in [4.78, 5) is 14.6. The first kappa shape index (κ1) is 9.15. The predicted octanol–water partition coefficient (Wildman–Crippen LogP) is 0.740. The summed E-state index contributed by atoms with van der Waals surface area (Å²) in [6, 6.07) is 0. The van der Waals surface area contributed by atoms with E-state index in [4.69, 9.17) is 0 Å².